The first-order chi connectivity index (χ1) is 13.9. The molecule has 0 radical (unpaired) electrons. The van der Waals surface area contributed by atoms with Crippen LogP contribution < -0.4 is 5.32 Å². The molecule has 1 N–H and O–H groups in total. The number of amides is 4. The SMILES string of the molecule is CC1(C2CC2)NC(=O)N(CC(=O)N2CCCN(Cc3ccc(F)cc3)CC2)C1=O. The predicted octanol–water partition coefficient (Wildman–Crippen LogP) is 1.58. The molecule has 7 nitrogen and oxygen atoms in total. The lowest BCUT2D eigenvalue weighted by Gasteiger charge is -2.24. The Morgan fingerprint density at radius 2 is 1.86 bits per heavy atom. The monoisotopic (exact) mass is 402 g/mol. The zero-order valence-electron chi connectivity index (χ0n) is 16.7. The summed E-state index contributed by atoms with van der Waals surface area (Å²) in [6, 6.07) is 5.99. The maximum absolute atomic E-state index is 13.1. The van der Waals surface area contributed by atoms with Crippen LogP contribution in [0.3, 0.4) is 0 Å². The summed E-state index contributed by atoms with van der Waals surface area (Å²) in [6.45, 7) is 4.94. The minimum absolute atomic E-state index is 0.178. The Hall–Kier alpha value is -2.48. The number of benzene rings is 1. The van der Waals surface area contributed by atoms with Crippen LogP contribution in [-0.4, -0.2) is 70.8 Å². The number of nitrogens with zero attached hydrogens (tertiary/aromatic N) is 3. The van der Waals surface area contributed by atoms with Crippen molar-refractivity contribution in [2.24, 2.45) is 5.92 Å². The molecule has 0 aromatic heterocycles. The van der Waals surface area contributed by atoms with Gasteiger partial charge in [0.15, 0.2) is 0 Å². The molecule has 2 heterocycles. The van der Waals surface area contributed by atoms with Crippen LogP contribution in [0, 0.1) is 11.7 Å². The van der Waals surface area contributed by atoms with E-state index in [9.17, 15) is 18.8 Å². The number of carbonyl (C=O) groups excluding carboxylic acids is 3. The summed E-state index contributed by atoms with van der Waals surface area (Å²) in [4.78, 5) is 42.8. The van der Waals surface area contributed by atoms with Crippen molar-refractivity contribution in [3.8, 4) is 0 Å². The number of nitrogens with one attached hydrogen (secondary N) is 1. The molecule has 0 bridgehead atoms. The molecule has 1 aliphatic carbocycles. The van der Waals surface area contributed by atoms with E-state index in [1.54, 1.807) is 24.0 Å². The highest BCUT2D eigenvalue weighted by atomic mass is 19.1. The van der Waals surface area contributed by atoms with Gasteiger partial charge in [0.05, 0.1) is 0 Å². The van der Waals surface area contributed by atoms with E-state index in [-0.39, 0.29) is 30.1 Å². The Bertz CT molecular complexity index is 811. The quantitative estimate of drug-likeness (QED) is 0.759. The van der Waals surface area contributed by atoms with E-state index in [1.165, 1.54) is 12.1 Å². The van der Waals surface area contributed by atoms with Gasteiger partial charge in [0.25, 0.3) is 5.91 Å². The summed E-state index contributed by atoms with van der Waals surface area (Å²) in [5.41, 5.74) is 0.173. The first-order valence-electron chi connectivity index (χ1n) is 10.3. The van der Waals surface area contributed by atoms with Crippen molar-refractivity contribution in [2.75, 3.05) is 32.7 Å². The fraction of sp³-hybridized carbons (Fsp3) is 0.571. The van der Waals surface area contributed by atoms with Crippen LogP contribution in [0.25, 0.3) is 0 Å². The first-order valence-corrected chi connectivity index (χ1v) is 10.3. The average molecular weight is 402 g/mol. The van der Waals surface area contributed by atoms with Crippen LogP contribution in [0.15, 0.2) is 24.3 Å². The van der Waals surface area contributed by atoms with Crippen LogP contribution in [0.2, 0.25) is 0 Å². The van der Waals surface area contributed by atoms with Crippen molar-refractivity contribution in [1.29, 1.82) is 0 Å². The van der Waals surface area contributed by atoms with Gasteiger partial charge < -0.3 is 10.2 Å². The predicted molar refractivity (Wildman–Crippen MR) is 104 cm³/mol. The molecule has 1 aromatic rings. The summed E-state index contributed by atoms with van der Waals surface area (Å²) < 4.78 is 13.1. The minimum Gasteiger partial charge on any atom is -0.340 e. The van der Waals surface area contributed by atoms with Crippen molar-refractivity contribution >= 4 is 17.8 Å². The largest absolute Gasteiger partial charge is 0.340 e. The van der Waals surface area contributed by atoms with Crippen LogP contribution in [0.1, 0.15) is 31.7 Å². The van der Waals surface area contributed by atoms with Crippen LogP contribution in [0.4, 0.5) is 9.18 Å². The minimum atomic E-state index is -0.859. The molecule has 8 heteroatoms. The van der Waals surface area contributed by atoms with Gasteiger partial charge in [-0.05, 0) is 49.8 Å². The molecule has 1 unspecified atom stereocenters. The van der Waals surface area contributed by atoms with Crippen LogP contribution in [0.5, 0.6) is 0 Å². The van der Waals surface area contributed by atoms with Crippen molar-refractivity contribution in [3.63, 3.8) is 0 Å². The molecule has 1 saturated carbocycles. The number of rotatable bonds is 5. The number of carbonyl (C=O) groups is 3. The van der Waals surface area contributed by atoms with Crippen LogP contribution in [-0.2, 0) is 16.1 Å². The molecule has 0 spiro atoms. The van der Waals surface area contributed by atoms with E-state index < -0.39 is 11.6 Å². The Kier molecular flexibility index (Phi) is 5.29. The highest BCUT2D eigenvalue weighted by Gasteiger charge is 2.56. The van der Waals surface area contributed by atoms with Gasteiger partial charge in [-0.15, -0.1) is 0 Å². The Balaban J connectivity index is 1.32. The van der Waals surface area contributed by atoms with E-state index in [1.807, 2.05) is 0 Å². The number of imide groups is 1. The summed E-state index contributed by atoms with van der Waals surface area (Å²) in [7, 11) is 0. The smallest absolute Gasteiger partial charge is 0.325 e. The summed E-state index contributed by atoms with van der Waals surface area (Å²) in [5, 5.41) is 2.78. The average Bonchev–Trinajstić information content (AvgIpc) is 3.52. The van der Waals surface area contributed by atoms with E-state index in [0.717, 1.165) is 36.3 Å². The molecule has 2 saturated heterocycles. The third-order valence-electron chi connectivity index (χ3n) is 6.25. The van der Waals surface area contributed by atoms with Crippen molar-refractivity contribution < 1.29 is 18.8 Å². The lowest BCUT2D eigenvalue weighted by molar-refractivity contribution is -0.139. The molecule has 4 rings (SSSR count). The maximum atomic E-state index is 13.1. The van der Waals surface area contributed by atoms with Crippen molar-refractivity contribution in [3.05, 3.63) is 35.6 Å². The molecule has 1 aromatic carbocycles. The number of halogens is 1. The van der Waals surface area contributed by atoms with Gasteiger partial charge in [0.2, 0.25) is 5.91 Å². The van der Waals surface area contributed by atoms with Crippen LogP contribution >= 0.6 is 0 Å². The molecule has 29 heavy (non-hydrogen) atoms. The molecule has 156 valence electrons. The lowest BCUT2D eigenvalue weighted by Crippen LogP contribution is -2.47. The zero-order valence-corrected chi connectivity index (χ0v) is 16.7. The van der Waals surface area contributed by atoms with Gasteiger partial charge in [-0.2, -0.15) is 0 Å². The van der Waals surface area contributed by atoms with Crippen molar-refractivity contribution in [2.45, 2.75) is 38.3 Å². The van der Waals surface area contributed by atoms with E-state index >= 15 is 0 Å². The molecular weight excluding hydrogens is 375 g/mol. The fourth-order valence-corrected chi connectivity index (χ4v) is 4.26. The second-order valence-corrected chi connectivity index (χ2v) is 8.44. The maximum Gasteiger partial charge on any atom is 0.325 e. The van der Waals surface area contributed by atoms with E-state index in [0.29, 0.717) is 26.2 Å². The fourth-order valence-electron chi connectivity index (χ4n) is 4.26. The second-order valence-electron chi connectivity index (χ2n) is 8.44. The number of urea groups is 1. The summed E-state index contributed by atoms with van der Waals surface area (Å²) in [5.74, 6) is -0.555. The molecule has 3 fully saturated rings. The molecule has 3 aliphatic rings. The van der Waals surface area contributed by atoms with Gasteiger partial charge in [-0.3, -0.25) is 19.4 Å². The summed E-state index contributed by atoms with van der Waals surface area (Å²) in [6.07, 6.45) is 2.67. The molecule has 1 atom stereocenters. The highest BCUT2D eigenvalue weighted by molar-refractivity contribution is 6.09. The van der Waals surface area contributed by atoms with Gasteiger partial charge >= 0.3 is 6.03 Å². The standard InChI is InChI=1S/C21H27FN4O3/c1-21(16-5-6-16)19(28)26(20(29)23-21)14-18(27)25-10-2-9-24(11-12-25)13-15-3-7-17(22)8-4-15/h3-4,7-8,16H,2,5-6,9-14H2,1H3,(H,23,29). The third-order valence-corrected chi connectivity index (χ3v) is 6.25. The van der Waals surface area contributed by atoms with Crippen molar-refractivity contribution in [1.82, 2.24) is 20.0 Å². The lowest BCUT2D eigenvalue weighted by atomic mass is 9.96. The van der Waals surface area contributed by atoms with E-state index in [4.69, 9.17) is 0 Å². The number of hydrogen-bond donors (Lipinski definition) is 1. The Morgan fingerprint density at radius 3 is 2.55 bits per heavy atom. The third kappa shape index (κ3) is 4.12. The van der Waals surface area contributed by atoms with Gasteiger partial charge in [-0.25, -0.2) is 9.18 Å². The van der Waals surface area contributed by atoms with Gasteiger partial charge in [0.1, 0.15) is 17.9 Å². The number of hydrogen-bond acceptors (Lipinski definition) is 4. The Morgan fingerprint density at radius 1 is 1.14 bits per heavy atom. The molecule has 4 amide bonds. The normalized spacial score (nSPS) is 25.9. The Labute approximate surface area is 169 Å². The summed E-state index contributed by atoms with van der Waals surface area (Å²) >= 11 is 0. The second kappa shape index (κ2) is 7.74. The van der Waals surface area contributed by atoms with Gasteiger partial charge in [0, 0.05) is 32.7 Å². The molecule has 2 aliphatic heterocycles. The van der Waals surface area contributed by atoms with Gasteiger partial charge in [-0.1, -0.05) is 12.1 Å². The topological polar surface area (TPSA) is 73.0 Å². The van der Waals surface area contributed by atoms with E-state index in [2.05, 4.69) is 10.2 Å². The highest BCUT2D eigenvalue weighted by Crippen LogP contribution is 2.42. The zero-order chi connectivity index (χ0) is 20.6. The molecular formula is C21H27FN4O3. The first kappa shape index (κ1) is 19.8.